The largest absolute Gasteiger partial charge is 0.387 e. The molecule has 0 unspecified atom stereocenters. The normalized spacial score (nSPS) is 20.2. The first kappa shape index (κ1) is 15.0. The molecule has 4 heteroatoms. The summed E-state index contributed by atoms with van der Waals surface area (Å²) in [5, 5.41) is 19.0. The van der Waals surface area contributed by atoms with Gasteiger partial charge in [-0.2, -0.15) is 5.26 Å². The molecule has 1 N–H and O–H groups in total. The number of aliphatic hydroxyl groups excluding tert-OH is 1. The standard InChI is InChI=1S/C16H23N3O/c1-14(7-8-17)19-11-9-18(10-12-19)13-16(20)15-5-3-2-4-6-15/h2-6,14,16,20H,7,9-13H2,1H3/t14-,16-/m0/s1. The van der Waals surface area contributed by atoms with Crippen LogP contribution in [0.5, 0.6) is 0 Å². The first-order chi connectivity index (χ1) is 9.70. The Labute approximate surface area is 121 Å². The Balaban J connectivity index is 1.79. The second-order valence-corrected chi connectivity index (χ2v) is 5.47. The van der Waals surface area contributed by atoms with Crippen molar-refractivity contribution in [3.8, 4) is 6.07 Å². The topological polar surface area (TPSA) is 50.5 Å². The quantitative estimate of drug-likeness (QED) is 0.886. The van der Waals surface area contributed by atoms with E-state index in [9.17, 15) is 5.11 Å². The van der Waals surface area contributed by atoms with Crippen LogP contribution in [-0.2, 0) is 0 Å². The molecule has 1 fully saturated rings. The van der Waals surface area contributed by atoms with Crippen molar-refractivity contribution in [3.05, 3.63) is 35.9 Å². The van der Waals surface area contributed by atoms with Crippen LogP contribution in [0.15, 0.2) is 30.3 Å². The van der Waals surface area contributed by atoms with E-state index in [-0.39, 0.29) is 0 Å². The van der Waals surface area contributed by atoms with Crippen LogP contribution in [0.1, 0.15) is 25.0 Å². The molecule has 1 aromatic carbocycles. The Bertz CT molecular complexity index is 435. The molecule has 0 saturated carbocycles. The highest BCUT2D eigenvalue weighted by molar-refractivity contribution is 5.17. The summed E-state index contributed by atoms with van der Waals surface area (Å²) < 4.78 is 0. The molecule has 20 heavy (non-hydrogen) atoms. The van der Waals surface area contributed by atoms with E-state index < -0.39 is 6.10 Å². The minimum Gasteiger partial charge on any atom is -0.387 e. The van der Waals surface area contributed by atoms with E-state index in [0.29, 0.717) is 19.0 Å². The van der Waals surface area contributed by atoms with Gasteiger partial charge in [0.05, 0.1) is 18.6 Å². The van der Waals surface area contributed by atoms with E-state index in [1.165, 1.54) is 0 Å². The monoisotopic (exact) mass is 273 g/mol. The van der Waals surface area contributed by atoms with Crippen LogP contribution in [0.3, 0.4) is 0 Å². The molecule has 0 amide bonds. The molecular formula is C16H23N3O. The third-order valence-electron chi connectivity index (χ3n) is 4.03. The first-order valence-corrected chi connectivity index (χ1v) is 7.27. The zero-order chi connectivity index (χ0) is 14.4. The van der Waals surface area contributed by atoms with E-state index in [0.717, 1.165) is 31.7 Å². The minimum absolute atomic E-state index is 0.334. The molecule has 108 valence electrons. The average Bonchev–Trinajstić information content (AvgIpc) is 2.49. The van der Waals surface area contributed by atoms with Gasteiger partial charge < -0.3 is 5.11 Å². The van der Waals surface area contributed by atoms with Gasteiger partial charge in [-0.25, -0.2) is 0 Å². The fourth-order valence-corrected chi connectivity index (χ4v) is 2.67. The summed E-state index contributed by atoms with van der Waals surface area (Å²) >= 11 is 0. The van der Waals surface area contributed by atoms with Crippen LogP contribution in [0, 0.1) is 11.3 Å². The van der Waals surface area contributed by atoms with Gasteiger partial charge in [0.15, 0.2) is 0 Å². The van der Waals surface area contributed by atoms with Gasteiger partial charge in [0.1, 0.15) is 0 Å². The maximum atomic E-state index is 10.2. The Morgan fingerprint density at radius 3 is 2.45 bits per heavy atom. The number of rotatable bonds is 5. The van der Waals surface area contributed by atoms with E-state index in [2.05, 4.69) is 22.8 Å². The Kier molecular flexibility index (Phi) is 5.54. The van der Waals surface area contributed by atoms with Gasteiger partial charge >= 0.3 is 0 Å². The number of benzene rings is 1. The van der Waals surface area contributed by atoms with E-state index in [1.54, 1.807) is 0 Å². The van der Waals surface area contributed by atoms with Crippen molar-refractivity contribution in [1.82, 2.24) is 9.80 Å². The number of nitriles is 1. The average molecular weight is 273 g/mol. The summed E-state index contributed by atoms with van der Waals surface area (Å²) in [6.07, 6.45) is 0.173. The number of piperazine rings is 1. The second-order valence-electron chi connectivity index (χ2n) is 5.47. The molecular weight excluding hydrogens is 250 g/mol. The fraction of sp³-hybridized carbons (Fsp3) is 0.562. The van der Waals surface area contributed by atoms with Gasteiger partial charge in [-0.15, -0.1) is 0 Å². The molecule has 4 nitrogen and oxygen atoms in total. The smallest absolute Gasteiger partial charge is 0.0916 e. The van der Waals surface area contributed by atoms with Crippen LogP contribution in [0.4, 0.5) is 0 Å². The molecule has 1 aromatic rings. The lowest BCUT2D eigenvalue weighted by molar-refractivity contribution is 0.0598. The van der Waals surface area contributed by atoms with Gasteiger partial charge in [0, 0.05) is 38.8 Å². The molecule has 1 saturated heterocycles. The maximum Gasteiger partial charge on any atom is 0.0916 e. The number of β-amino-alcohol motifs (C(OH)–C–C–N with tert-alkyl or cyclic N) is 1. The van der Waals surface area contributed by atoms with Crippen molar-refractivity contribution < 1.29 is 5.11 Å². The Hall–Kier alpha value is -1.41. The van der Waals surface area contributed by atoms with Crippen LogP contribution in [-0.4, -0.2) is 53.7 Å². The van der Waals surface area contributed by atoms with Gasteiger partial charge in [-0.1, -0.05) is 30.3 Å². The van der Waals surface area contributed by atoms with Crippen molar-refractivity contribution in [3.63, 3.8) is 0 Å². The van der Waals surface area contributed by atoms with Crippen LogP contribution >= 0.6 is 0 Å². The number of nitrogens with zero attached hydrogens (tertiary/aromatic N) is 3. The third-order valence-corrected chi connectivity index (χ3v) is 4.03. The molecule has 1 aliphatic heterocycles. The first-order valence-electron chi connectivity index (χ1n) is 7.27. The molecule has 2 rings (SSSR count). The molecule has 0 aliphatic carbocycles. The van der Waals surface area contributed by atoms with Crippen molar-refractivity contribution >= 4 is 0 Å². The summed E-state index contributed by atoms with van der Waals surface area (Å²) in [7, 11) is 0. The summed E-state index contributed by atoms with van der Waals surface area (Å²) in [6.45, 7) is 6.66. The van der Waals surface area contributed by atoms with Crippen molar-refractivity contribution in [2.45, 2.75) is 25.5 Å². The lowest BCUT2D eigenvalue weighted by atomic mass is 10.1. The van der Waals surface area contributed by atoms with Crippen molar-refractivity contribution in [1.29, 1.82) is 5.26 Å². The predicted octanol–water partition coefficient (Wildman–Crippen LogP) is 1.64. The number of aliphatic hydroxyl groups is 1. The van der Waals surface area contributed by atoms with E-state index in [1.807, 2.05) is 30.3 Å². The SMILES string of the molecule is C[C@@H](CC#N)N1CCN(C[C@H](O)c2ccccc2)CC1. The predicted molar refractivity (Wildman–Crippen MR) is 79.1 cm³/mol. The van der Waals surface area contributed by atoms with E-state index >= 15 is 0 Å². The summed E-state index contributed by atoms with van der Waals surface area (Å²) in [5.41, 5.74) is 0.979. The molecule has 2 atom stereocenters. The lowest BCUT2D eigenvalue weighted by Gasteiger charge is -2.38. The highest BCUT2D eigenvalue weighted by atomic mass is 16.3. The Morgan fingerprint density at radius 2 is 1.85 bits per heavy atom. The van der Waals surface area contributed by atoms with Gasteiger partial charge in [0.2, 0.25) is 0 Å². The van der Waals surface area contributed by atoms with Crippen LogP contribution in [0.2, 0.25) is 0 Å². The van der Waals surface area contributed by atoms with Gasteiger partial charge in [-0.05, 0) is 12.5 Å². The zero-order valence-corrected chi connectivity index (χ0v) is 12.1. The fourth-order valence-electron chi connectivity index (χ4n) is 2.67. The second kappa shape index (κ2) is 7.39. The minimum atomic E-state index is -0.417. The summed E-state index contributed by atoms with van der Waals surface area (Å²) in [5.74, 6) is 0. The van der Waals surface area contributed by atoms with Gasteiger partial charge in [0.25, 0.3) is 0 Å². The summed E-state index contributed by atoms with van der Waals surface area (Å²) in [6, 6.07) is 12.4. The molecule has 1 aliphatic rings. The molecule has 0 aromatic heterocycles. The Morgan fingerprint density at radius 1 is 1.20 bits per heavy atom. The highest BCUT2D eigenvalue weighted by Gasteiger charge is 2.22. The summed E-state index contributed by atoms with van der Waals surface area (Å²) in [4.78, 5) is 4.65. The highest BCUT2D eigenvalue weighted by Crippen LogP contribution is 2.16. The number of hydrogen-bond donors (Lipinski definition) is 1. The third kappa shape index (κ3) is 4.04. The van der Waals surface area contributed by atoms with Crippen molar-refractivity contribution in [2.75, 3.05) is 32.7 Å². The van der Waals surface area contributed by atoms with Crippen molar-refractivity contribution in [2.24, 2.45) is 0 Å². The van der Waals surface area contributed by atoms with Crippen LogP contribution < -0.4 is 0 Å². The maximum absolute atomic E-state index is 10.2. The van der Waals surface area contributed by atoms with Crippen LogP contribution in [0.25, 0.3) is 0 Å². The van der Waals surface area contributed by atoms with E-state index in [4.69, 9.17) is 5.26 Å². The number of hydrogen-bond acceptors (Lipinski definition) is 4. The molecule has 1 heterocycles. The lowest BCUT2D eigenvalue weighted by Crippen LogP contribution is -2.50. The molecule has 0 spiro atoms. The zero-order valence-electron chi connectivity index (χ0n) is 12.1. The molecule has 0 bridgehead atoms. The van der Waals surface area contributed by atoms with Gasteiger partial charge in [-0.3, -0.25) is 9.80 Å². The molecule has 0 radical (unpaired) electrons.